The molecule has 0 aliphatic rings. The highest BCUT2D eigenvalue weighted by molar-refractivity contribution is 7.13. The van der Waals surface area contributed by atoms with Crippen molar-refractivity contribution in [1.29, 1.82) is 0 Å². The quantitative estimate of drug-likeness (QED) is 0.287. The third-order valence-corrected chi connectivity index (χ3v) is 6.09. The van der Waals surface area contributed by atoms with Crippen molar-refractivity contribution in [2.45, 2.75) is 31.8 Å². The zero-order valence-corrected chi connectivity index (χ0v) is 19.5. The van der Waals surface area contributed by atoms with Gasteiger partial charge in [-0.05, 0) is 49.1 Å². The number of aliphatic hydroxyl groups is 2. The molecule has 176 valence electrons. The molecule has 0 radical (unpaired) electrons. The van der Waals surface area contributed by atoms with E-state index in [1.54, 1.807) is 5.38 Å². The van der Waals surface area contributed by atoms with Gasteiger partial charge < -0.3 is 26.2 Å². The summed E-state index contributed by atoms with van der Waals surface area (Å²) in [6.07, 6.45) is 2.11. The van der Waals surface area contributed by atoms with Gasteiger partial charge in [-0.2, -0.15) is 0 Å². The fraction of sp³-hybridized carbons (Fsp3) is 0.360. The van der Waals surface area contributed by atoms with E-state index in [1.807, 2.05) is 54.6 Å². The molecule has 0 spiro atoms. The normalized spacial score (nSPS) is 12.1. The lowest BCUT2D eigenvalue weighted by atomic mass is 10.1. The van der Waals surface area contributed by atoms with Crippen LogP contribution in [-0.4, -0.2) is 52.2 Å². The van der Waals surface area contributed by atoms with E-state index in [0.717, 1.165) is 49.2 Å². The van der Waals surface area contributed by atoms with Gasteiger partial charge in [0.2, 0.25) is 5.91 Å². The molecule has 1 aromatic heterocycles. The average Bonchev–Trinajstić information content (AvgIpc) is 3.23. The summed E-state index contributed by atoms with van der Waals surface area (Å²) in [7, 11) is 0. The van der Waals surface area contributed by atoms with E-state index in [1.165, 1.54) is 11.3 Å². The number of aliphatic hydroxyl groups excluding tert-OH is 2. The summed E-state index contributed by atoms with van der Waals surface area (Å²) in [6.45, 7) is 2.34. The number of unbranched alkanes of at least 4 members (excludes halogenated alkanes) is 1. The second kappa shape index (κ2) is 13.1. The number of nitrogens with one attached hydrogen (secondary N) is 1. The Morgan fingerprint density at radius 3 is 2.52 bits per heavy atom. The average molecular weight is 469 g/mol. The van der Waals surface area contributed by atoms with Crippen LogP contribution in [0.3, 0.4) is 0 Å². The Morgan fingerprint density at radius 1 is 1.09 bits per heavy atom. The summed E-state index contributed by atoms with van der Waals surface area (Å²) in [5.74, 6) is -0.127. The fourth-order valence-corrected chi connectivity index (χ4v) is 4.15. The molecule has 0 saturated carbocycles. The topological polar surface area (TPSA) is 112 Å². The van der Waals surface area contributed by atoms with Crippen LogP contribution in [0.5, 0.6) is 0 Å². The molecule has 1 atom stereocenters. The summed E-state index contributed by atoms with van der Waals surface area (Å²) in [5.41, 5.74) is 9.09. The van der Waals surface area contributed by atoms with Crippen molar-refractivity contribution in [2.24, 2.45) is 0 Å². The van der Waals surface area contributed by atoms with E-state index >= 15 is 0 Å². The lowest BCUT2D eigenvalue weighted by Crippen LogP contribution is -2.32. The number of rotatable bonds is 13. The van der Waals surface area contributed by atoms with Crippen molar-refractivity contribution in [3.8, 4) is 0 Å². The van der Waals surface area contributed by atoms with Gasteiger partial charge in [0.25, 0.3) is 0 Å². The van der Waals surface area contributed by atoms with E-state index in [2.05, 4.69) is 15.2 Å². The van der Waals surface area contributed by atoms with Gasteiger partial charge in [-0.3, -0.25) is 4.79 Å². The Labute approximate surface area is 198 Å². The molecule has 0 fully saturated rings. The number of nitrogen functional groups attached to an aromatic ring is 1. The molecular weight excluding hydrogens is 436 g/mol. The van der Waals surface area contributed by atoms with Gasteiger partial charge in [0.15, 0.2) is 5.13 Å². The van der Waals surface area contributed by atoms with Crippen LogP contribution in [0.1, 0.15) is 35.8 Å². The molecule has 8 heteroatoms. The van der Waals surface area contributed by atoms with Crippen molar-refractivity contribution in [1.82, 2.24) is 9.88 Å². The van der Waals surface area contributed by atoms with Gasteiger partial charge in [-0.25, -0.2) is 4.98 Å². The number of hydrogen-bond acceptors (Lipinski definition) is 7. The summed E-state index contributed by atoms with van der Waals surface area (Å²) in [6, 6.07) is 17.5. The molecule has 0 bridgehead atoms. The van der Waals surface area contributed by atoms with Gasteiger partial charge in [-0.15, -0.1) is 11.3 Å². The largest absolute Gasteiger partial charge is 0.396 e. The highest BCUT2D eigenvalue weighted by Crippen LogP contribution is 2.16. The number of aromatic nitrogens is 1. The summed E-state index contributed by atoms with van der Waals surface area (Å²) >= 11 is 1.33. The van der Waals surface area contributed by atoms with E-state index in [0.29, 0.717) is 17.4 Å². The number of nitrogens with two attached hydrogens (primary N) is 1. The maximum atomic E-state index is 12.2. The molecule has 0 saturated heterocycles. The molecule has 1 heterocycles. The molecule has 7 nitrogen and oxygen atoms in total. The van der Waals surface area contributed by atoms with Crippen molar-refractivity contribution in [3.63, 3.8) is 0 Å². The maximum Gasteiger partial charge on any atom is 0.230 e. The highest BCUT2D eigenvalue weighted by Gasteiger charge is 2.14. The Balaban J connectivity index is 1.50. The Morgan fingerprint density at radius 2 is 1.85 bits per heavy atom. The van der Waals surface area contributed by atoms with E-state index in [4.69, 9.17) is 10.8 Å². The molecule has 0 aliphatic heterocycles. The predicted molar refractivity (Wildman–Crippen MR) is 133 cm³/mol. The first-order valence-corrected chi connectivity index (χ1v) is 12.1. The molecule has 0 aliphatic carbocycles. The van der Waals surface area contributed by atoms with Crippen LogP contribution in [0.2, 0.25) is 0 Å². The first-order chi connectivity index (χ1) is 16.0. The minimum Gasteiger partial charge on any atom is -0.396 e. The Hall–Kier alpha value is -2.78. The molecule has 3 rings (SSSR count). The zero-order valence-electron chi connectivity index (χ0n) is 18.7. The lowest BCUT2D eigenvalue weighted by molar-refractivity contribution is -0.115. The number of benzene rings is 2. The molecule has 1 amide bonds. The third-order valence-electron chi connectivity index (χ3n) is 5.36. The minimum absolute atomic E-state index is 0.127. The molecule has 5 N–H and O–H groups in total. The molecule has 1 unspecified atom stereocenters. The van der Waals surface area contributed by atoms with Crippen LogP contribution < -0.4 is 11.1 Å². The van der Waals surface area contributed by atoms with Gasteiger partial charge in [0.1, 0.15) is 0 Å². The van der Waals surface area contributed by atoms with Crippen molar-refractivity contribution >= 4 is 28.1 Å². The number of nitrogens with zero attached hydrogens (tertiary/aromatic N) is 2. The van der Waals surface area contributed by atoms with E-state index in [9.17, 15) is 9.90 Å². The summed E-state index contributed by atoms with van der Waals surface area (Å²) in [5, 5.41) is 24.9. The van der Waals surface area contributed by atoms with Crippen LogP contribution >= 0.6 is 11.3 Å². The van der Waals surface area contributed by atoms with E-state index in [-0.39, 0.29) is 18.9 Å². The predicted octanol–water partition coefficient (Wildman–Crippen LogP) is 3.26. The number of carbonyl (C=O) groups excluding carboxylic acids is 1. The smallest absolute Gasteiger partial charge is 0.230 e. The second-order valence-electron chi connectivity index (χ2n) is 8.01. The van der Waals surface area contributed by atoms with Gasteiger partial charge in [-0.1, -0.05) is 42.5 Å². The first kappa shape index (κ1) is 24.9. The number of anilines is 2. The monoisotopic (exact) mass is 468 g/mol. The van der Waals surface area contributed by atoms with Crippen LogP contribution in [0, 0.1) is 0 Å². The fourth-order valence-electron chi connectivity index (χ4n) is 3.58. The van der Waals surface area contributed by atoms with Gasteiger partial charge in [0, 0.05) is 30.8 Å². The highest BCUT2D eigenvalue weighted by atomic mass is 32.1. The molecular formula is C25H32N4O3S. The summed E-state index contributed by atoms with van der Waals surface area (Å²) in [4.78, 5) is 18.6. The molecule has 3 aromatic rings. The van der Waals surface area contributed by atoms with Crippen molar-refractivity contribution < 1.29 is 15.0 Å². The Bertz CT molecular complexity index is 979. The Kier molecular flexibility index (Phi) is 9.83. The summed E-state index contributed by atoms with van der Waals surface area (Å²) < 4.78 is 0. The number of thiazole rings is 1. The maximum absolute atomic E-state index is 12.2. The van der Waals surface area contributed by atoms with Crippen molar-refractivity contribution in [2.75, 3.05) is 37.3 Å². The first-order valence-electron chi connectivity index (χ1n) is 11.2. The molecule has 33 heavy (non-hydrogen) atoms. The zero-order chi connectivity index (χ0) is 23.5. The van der Waals surface area contributed by atoms with Gasteiger partial charge in [0.05, 0.1) is 18.2 Å². The number of amides is 1. The lowest BCUT2D eigenvalue weighted by Gasteiger charge is -2.25. The third kappa shape index (κ3) is 8.58. The van der Waals surface area contributed by atoms with Gasteiger partial charge >= 0.3 is 0 Å². The minimum atomic E-state index is -0.550. The molecule has 2 aromatic carbocycles. The SMILES string of the molecule is Nc1nc(CC(=O)Nc2ccc(CCN(CCCCO)CC(O)c3ccccc3)cc2)cs1. The van der Waals surface area contributed by atoms with Crippen LogP contribution in [0.4, 0.5) is 10.8 Å². The van der Waals surface area contributed by atoms with E-state index < -0.39 is 6.10 Å². The number of hydrogen-bond donors (Lipinski definition) is 4. The standard InChI is InChI=1S/C25H32N4O3S/c26-25-28-22(18-33-25)16-24(32)27-21-10-8-19(9-11-21)12-14-29(13-4-5-15-30)17-23(31)20-6-2-1-3-7-20/h1-3,6-11,18,23,30-31H,4-5,12-17H2,(H2,26,28)(H,27,32). The van der Waals surface area contributed by atoms with Crippen molar-refractivity contribution in [3.05, 3.63) is 76.8 Å². The van der Waals surface area contributed by atoms with Crippen LogP contribution in [0.25, 0.3) is 0 Å². The van der Waals surface area contributed by atoms with Crippen LogP contribution in [-0.2, 0) is 17.6 Å². The second-order valence-corrected chi connectivity index (χ2v) is 8.90. The number of carbonyl (C=O) groups is 1. The van der Waals surface area contributed by atoms with Crippen LogP contribution in [0.15, 0.2) is 60.0 Å².